The zero-order valence-corrected chi connectivity index (χ0v) is 26.5. The summed E-state index contributed by atoms with van der Waals surface area (Å²) in [6.07, 6.45) is -3.38. The molecule has 2 rings (SSSR count). The lowest BCUT2D eigenvalue weighted by atomic mass is 9.88. The first-order valence-electron chi connectivity index (χ1n) is 14.6. The number of halogens is 3. The molecular weight excluding hydrogens is 621 g/mol. The number of guanidine groups is 1. The first-order valence-corrected chi connectivity index (χ1v) is 14.6. The number of amides is 3. The minimum Gasteiger partial charge on any atom is -0.475 e. The highest BCUT2D eigenvalue weighted by Gasteiger charge is 2.38. The molecule has 0 heterocycles. The second-order valence-electron chi connectivity index (χ2n) is 10.8. The number of carboxylic acid groups (broad SMARTS) is 1. The summed E-state index contributed by atoms with van der Waals surface area (Å²) in [5.74, 6) is -4.97. The van der Waals surface area contributed by atoms with Crippen LogP contribution in [0.3, 0.4) is 0 Å². The third kappa shape index (κ3) is 13.4. The monoisotopic (exact) mass is 664 g/mol. The number of carbonyl (C=O) groups excluding carboxylic acids is 3. The van der Waals surface area contributed by atoms with E-state index in [1.807, 2.05) is 56.3 Å². The molecule has 0 aliphatic heterocycles. The molecule has 47 heavy (non-hydrogen) atoms. The van der Waals surface area contributed by atoms with Gasteiger partial charge in [0.25, 0.3) is 0 Å². The van der Waals surface area contributed by atoms with E-state index >= 15 is 0 Å². The van der Waals surface area contributed by atoms with Crippen LogP contribution in [0.2, 0.25) is 0 Å². The first-order chi connectivity index (χ1) is 21.9. The van der Waals surface area contributed by atoms with Crippen molar-refractivity contribution in [1.29, 1.82) is 5.41 Å². The second-order valence-corrected chi connectivity index (χ2v) is 10.8. The number of carboxylic acids is 1. The number of nitrogens with two attached hydrogens (primary N) is 4. The molecule has 2 aromatic rings. The van der Waals surface area contributed by atoms with Crippen LogP contribution in [0.25, 0.3) is 0 Å². The van der Waals surface area contributed by atoms with Crippen LogP contribution in [-0.2, 0) is 25.6 Å². The van der Waals surface area contributed by atoms with Crippen LogP contribution in [0.5, 0.6) is 0 Å². The number of rotatable bonds is 15. The summed E-state index contributed by atoms with van der Waals surface area (Å²) >= 11 is 0. The van der Waals surface area contributed by atoms with E-state index in [4.69, 9.17) is 38.2 Å². The average Bonchev–Trinajstić information content (AvgIpc) is 3.01. The zero-order chi connectivity index (χ0) is 35.9. The number of primary amides is 1. The maximum absolute atomic E-state index is 14.0. The van der Waals surface area contributed by atoms with Crippen LogP contribution in [-0.4, -0.2) is 77.3 Å². The van der Waals surface area contributed by atoms with E-state index in [2.05, 4.69) is 10.3 Å². The predicted octanol–water partition coefficient (Wildman–Crippen LogP) is 1.83. The number of hydrogen-bond donors (Lipinski definition) is 7. The maximum atomic E-state index is 14.0. The number of alkyl halides is 3. The van der Waals surface area contributed by atoms with Crippen molar-refractivity contribution in [2.24, 2.45) is 33.8 Å². The Morgan fingerprint density at radius 2 is 1.55 bits per heavy atom. The van der Waals surface area contributed by atoms with E-state index in [1.165, 1.54) is 4.90 Å². The Morgan fingerprint density at radius 3 is 2.00 bits per heavy atom. The normalized spacial score (nSPS) is 13.4. The van der Waals surface area contributed by atoms with E-state index < -0.39 is 42.0 Å². The van der Waals surface area contributed by atoms with Crippen molar-refractivity contribution in [3.05, 3.63) is 71.3 Å². The Morgan fingerprint density at radius 1 is 1.00 bits per heavy atom. The molecule has 0 radical (unpaired) electrons. The van der Waals surface area contributed by atoms with Crippen molar-refractivity contribution in [1.82, 2.24) is 10.2 Å². The molecule has 2 aromatic carbocycles. The van der Waals surface area contributed by atoms with Gasteiger partial charge in [-0.1, -0.05) is 74.9 Å². The van der Waals surface area contributed by atoms with Crippen LogP contribution in [0.4, 0.5) is 13.2 Å². The molecule has 0 bridgehead atoms. The Balaban J connectivity index is 0.00000141. The fraction of sp³-hybridized carbons (Fsp3) is 0.419. The lowest BCUT2D eigenvalue weighted by Crippen LogP contribution is -2.56. The standard InChI is InChI=1S/C29H42N8O3.C2HF3O2/c1-4-18(2)24(27(39)36-23(26(32)38)11-8-16-35-29(33)34)37(3)28(40)22(20-9-6-5-7-10-20)17-19-12-14-21(15-13-19)25(30)31;3-2(4,5)1(6)7/h5-7,9-10,12-15,18,22-24H,4,8,11,16-17H2,1-3H3,(H3,30,31)(H2,32,38)(H,36,39)(H4,33,34,35);(H,6,7)/t18?,22?,23-,24-;/m0./s1. The number of nitrogen functional groups attached to an aromatic ring is 1. The Hall–Kier alpha value is -5.15. The molecule has 2 unspecified atom stereocenters. The van der Waals surface area contributed by atoms with E-state index in [0.29, 0.717) is 31.4 Å². The summed E-state index contributed by atoms with van der Waals surface area (Å²) in [4.78, 5) is 54.0. The molecule has 13 nitrogen and oxygen atoms in total. The predicted molar refractivity (Wildman–Crippen MR) is 171 cm³/mol. The second kappa shape index (κ2) is 18.7. The van der Waals surface area contributed by atoms with Gasteiger partial charge in [-0.05, 0) is 36.3 Å². The quantitative estimate of drug-likeness (QED) is 0.0839. The molecule has 0 saturated heterocycles. The molecule has 0 aromatic heterocycles. The number of likely N-dealkylation sites (N-methyl/N-ethyl adjacent to an activating group) is 1. The molecular formula is C31H43F3N8O5. The van der Waals surface area contributed by atoms with Gasteiger partial charge < -0.3 is 38.3 Å². The highest BCUT2D eigenvalue weighted by atomic mass is 19.4. The van der Waals surface area contributed by atoms with Gasteiger partial charge in [-0.15, -0.1) is 0 Å². The third-order valence-corrected chi connectivity index (χ3v) is 7.27. The summed E-state index contributed by atoms with van der Waals surface area (Å²) < 4.78 is 31.7. The van der Waals surface area contributed by atoms with Crippen LogP contribution >= 0.6 is 0 Å². The fourth-order valence-electron chi connectivity index (χ4n) is 4.56. The van der Waals surface area contributed by atoms with Crippen LogP contribution in [0.1, 0.15) is 55.7 Å². The number of nitrogens with one attached hydrogen (secondary N) is 2. The highest BCUT2D eigenvalue weighted by molar-refractivity contribution is 5.95. The van der Waals surface area contributed by atoms with E-state index in [9.17, 15) is 27.6 Å². The zero-order valence-electron chi connectivity index (χ0n) is 26.5. The van der Waals surface area contributed by atoms with Crippen LogP contribution in [0, 0.1) is 11.3 Å². The molecule has 0 saturated carbocycles. The number of benzene rings is 2. The van der Waals surface area contributed by atoms with Gasteiger partial charge in [0.15, 0.2) is 5.96 Å². The number of aliphatic carboxylic acids is 1. The molecule has 11 N–H and O–H groups in total. The van der Waals surface area contributed by atoms with Crippen molar-refractivity contribution < 1.29 is 37.5 Å². The van der Waals surface area contributed by atoms with E-state index in [-0.39, 0.29) is 30.0 Å². The Labute approximate surface area is 271 Å². The van der Waals surface area contributed by atoms with Crippen molar-refractivity contribution in [3.63, 3.8) is 0 Å². The van der Waals surface area contributed by atoms with Gasteiger partial charge in [0, 0.05) is 19.2 Å². The largest absolute Gasteiger partial charge is 0.490 e. The van der Waals surface area contributed by atoms with Crippen molar-refractivity contribution in [3.8, 4) is 0 Å². The first kappa shape index (κ1) is 39.9. The van der Waals surface area contributed by atoms with Gasteiger partial charge in [-0.2, -0.15) is 13.2 Å². The summed E-state index contributed by atoms with van der Waals surface area (Å²) in [6.45, 7) is 4.13. The van der Waals surface area contributed by atoms with Gasteiger partial charge in [-0.25, -0.2) is 4.79 Å². The van der Waals surface area contributed by atoms with Crippen molar-refractivity contribution >= 4 is 35.5 Å². The number of amidine groups is 1. The smallest absolute Gasteiger partial charge is 0.475 e. The Bertz CT molecular complexity index is 1380. The highest BCUT2D eigenvalue weighted by Crippen LogP contribution is 2.26. The number of nitrogens with zero attached hydrogens (tertiary/aromatic N) is 2. The topological polar surface area (TPSA) is 244 Å². The van der Waals surface area contributed by atoms with E-state index in [0.717, 1.165) is 11.1 Å². The fourth-order valence-corrected chi connectivity index (χ4v) is 4.56. The minimum absolute atomic E-state index is 0.0325. The average molecular weight is 665 g/mol. The summed E-state index contributed by atoms with van der Waals surface area (Å²) in [7, 11) is 1.62. The van der Waals surface area contributed by atoms with Crippen LogP contribution < -0.4 is 28.3 Å². The molecule has 258 valence electrons. The summed E-state index contributed by atoms with van der Waals surface area (Å²) in [6, 6.07) is 14.8. The molecule has 4 atom stereocenters. The summed E-state index contributed by atoms with van der Waals surface area (Å²) in [5.41, 5.74) is 24.2. The van der Waals surface area contributed by atoms with Gasteiger partial charge >= 0.3 is 12.1 Å². The van der Waals surface area contributed by atoms with Gasteiger partial charge in [0.2, 0.25) is 17.7 Å². The molecule has 16 heteroatoms. The van der Waals surface area contributed by atoms with Gasteiger partial charge in [0.1, 0.15) is 17.9 Å². The molecule has 0 fully saturated rings. The van der Waals surface area contributed by atoms with E-state index in [1.54, 1.807) is 19.2 Å². The molecule has 0 aliphatic rings. The minimum atomic E-state index is -5.08. The molecule has 0 spiro atoms. The Kier molecular flexibility index (Phi) is 15.9. The van der Waals surface area contributed by atoms with Crippen molar-refractivity contribution in [2.45, 2.75) is 63.7 Å². The van der Waals surface area contributed by atoms with Gasteiger partial charge in [0.05, 0.1) is 5.92 Å². The molecule has 0 aliphatic carbocycles. The number of carbonyl (C=O) groups is 4. The SMILES string of the molecule is CCC(C)[C@@H](C(=O)N[C@@H](CCCN=C(N)N)C(N)=O)N(C)C(=O)C(Cc1ccc(C(=N)N)cc1)c1ccccc1.O=C(O)C(F)(F)F. The third-order valence-electron chi connectivity index (χ3n) is 7.27. The lowest BCUT2D eigenvalue weighted by molar-refractivity contribution is -0.192. The molecule has 3 amide bonds. The summed E-state index contributed by atoms with van der Waals surface area (Å²) in [5, 5.41) is 17.5. The maximum Gasteiger partial charge on any atom is 0.490 e. The van der Waals surface area contributed by atoms with Crippen LogP contribution in [0.15, 0.2) is 59.6 Å². The van der Waals surface area contributed by atoms with Gasteiger partial charge in [-0.3, -0.25) is 24.8 Å². The lowest BCUT2D eigenvalue weighted by Gasteiger charge is -2.35. The number of aliphatic imine (C=N–C) groups is 1. The number of hydrogen-bond acceptors (Lipinski definition) is 6. The van der Waals surface area contributed by atoms with Crippen molar-refractivity contribution in [2.75, 3.05) is 13.6 Å².